The summed E-state index contributed by atoms with van der Waals surface area (Å²) in [5.74, 6) is -0.258. The Balaban J connectivity index is 2.22. The highest BCUT2D eigenvalue weighted by Gasteiger charge is 2.13. The Bertz CT molecular complexity index is 798. The minimum absolute atomic E-state index is 0.0641. The van der Waals surface area contributed by atoms with Crippen LogP contribution in [-0.2, 0) is 11.3 Å². The zero-order chi connectivity index (χ0) is 18.2. The molecule has 0 aliphatic carbocycles. The fourth-order valence-electron chi connectivity index (χ4n) is 2.19. The Kier molecular flexibility index (Phi) is 6.02. The number of hydrogen-bond acceptors (Lipinski definition) is 5. The van der Waals surface area contributed by atoms with Gasteiger partial charge in [0.1, 0.15) is 11.6 Å². The van der Waals surface area contributed by atoms with Gasteiger partial charge in [0.15, 0.2) is 11.5 Å². The van der Waals surface area contributed by atoms with Gasteiger partial charge in [-0.1, -0.05) is 30.3 Å². The fraction of sp³-hybridized carbons (Fsp3) is 0.158. The zero-order valence-electron chi connectivity index (χ0n) is 13.9. The molecule has 0 atom stereocenters. The highest BCUT2D eigenvalue weighted by atomic mass is 16.5. The number of benzene rings is 2. The summed E-state index contributed by atoms with van der Waals surface area (Å²) >= 11 is 0. The van der Waals surface area contributed by atoms with E-state index in [-0.39, 0.29) is 22.8 Å². The molecule has 2 rings (SSSR count). The summed E-state index contributed by atoms with van der Waals surface area (Å²) < 4.78 is 10.1. The van der Waals surface area contributed by atoms with Crippen LogP contribution in [0.5, 0.6) is 17.2 Å². The molecular weight excluding hydrogens is 320 g/mol. The van der Waals surface area contributed by atoms with Gasteiger partial charge in [-0.2, -0.15) is 5.26 Å². The molecule has 0 unspecified atom stereocenters. The minimum Gasteiger partial charge on any atom is -0.502 e. The van der Waals surface area contributed by atoms with Crippen molar-refractivity contribution in [3.63, 3.8) is 0 Å². The summed E-state index contributed by atoms with van der Waals surface area (Å²) in [6.07, 6.45) is 1.41. The van der Waals surface area contributed by atoms with E-state index >= 15 is 0 Å². The Morgan fingerprint density at radius 1 is 1.20 bits per heavy atom. The number of carbonyl (C=O) groups is 1. The van der Waals surface area contributed by atoms with Crippen LogP contribution in [0.3, 0.4) is 0 Å². The molecule has 2 N–H and O–H groups in total. The summed E-state index contributed by atoms with van der Waals surface area (Å²) in [6.45, 7) is 0.320. The molecule has 0 saturated carbocycles. The highest BCUT2D eigenvalue weighted by molar-refractivity contribution is 6.01. The molecule has 0 bridgehead atoms. The van der Waals surface area contributed by atoms with E-state index in [1.54, 1.807) is 0 Å². The number of phenols is 1. The molecule has 128 valence electrons. The van der Waals surface area contributed by atoms with Crippen LogP contribution in [0.2, 0.25) is 0 Å². The Morgan fingerprint density at radius 3 is 2.32 bits per heavy atom. The summed E-state index contributed by atoms with van der Waals surface area (Å²) in [5, 5.41) is 21.9. The molecule has 0 aromatic heterocycles. The second kappa shape index (κ2) is 8.41. The predicted octanol–water partition coefficient (Wildman–Crippen LogP) is 2.63. The number of nitrogens with one attached hydrogen (secondary N) is 1. The van der Waals surface area contributed by atoms with E-state index in [1.165, 1.54) is 32.4 Å². The van der Waals surface area contributed by atoms with Crippen LogP contribution in [0.15, 0.2) is 48.0 Å². The zero-order valence-corrected chi connectivity index (χ0v) is 13.9. The van der Waals surface area contributed by atoms with Crippen molar-refractivity contribution in [2.45, 2.75) is 6.54 Å². The fourth-order valence-corrected chi connectivity index (χ4v) is 2.19. The van der Waals surface area contributed by atoms with Crippen molar-refractivity contribution in [1.82, 2.24) is 5.32 Å². The van der Waals surface area contributed by atoms with E-state index < -0.39 is 5.91 Å². The van der Waals surface area contributed by atoms with Crippen LogP contribution in [0.1, 0.15) is 11.1 Å². The number of rotatable bonds is 6. The summed E-state index contributed by atoms with van der Waals surface area (Å²) in [4.78, 5) is 12.2. The lowest BCUT2D eigenvalue weighted by molar-refractivity contribution is -0.117. The van der Waals surface area contributed by atoms with Crippen molar-refractivity contribution < 1.29 is 19.4 Å². The maximum Gasteiger partial charge on any atom is 0.262 e. The number of phenolic OH excluding ortho intramolecular Hbond substituents is 1. The van der Waals surface area contributed by atoms with E-state index in [4.69, 9.17) is 9.47 Å². The molecule has 0 spiro atoms. The van der Waals surface area contributed by atoms with Gasteiger partial charge in [0.05, 0.1) is 14.2 Å². The Morgan fingerprint density at radius 2 is 1.80 bits per heavy atom. The first kappa shape index (κ1) is 17.9. The number of carbonyl (C=O) groups excluding carboxylic acids is 1. The first-order valence-corrected chi connectivity index (χ1v) is 7.48. The van der Waals surface area contributed by atoms with Gasteiger partial charge < -0.3 is 19.9 Å². The van der Waals surface area contributed by atoms with Crippen molar-refractivity contribution >= 4 is 12.0 Å². The van der Waals surface area contributed by atoms with Gasteiger partial charge in [0.2, 0.25) is 5.75 Å². The molecule has 0 radical (unpaired) electrons. The molecular formula is C19H18N2O4. The molecule has 0 saturated heterocycles. The molecule has 25 heavy (non-hydrogen) atoms. The van der Waals surface area contributed by atoms with Crippen LogP contribution >= 0.6 is 0 Å². The average molecular weight is 338 g/mol. The number of hydrogen-bond donors (Lipinski definition) is 2. The monoisotopic (exact) mass is 338 g/mol. The third-order valence-corrected chi connectivity index (χ3v) is 3.47. The van der Waals surface area contributed by atoms with Gasteiger partial charge in [-0.3, -0.25) is 4.79 Å². The van der Waals surface area contributed by atoms with Crippen molar-refractivity contribution in [2.75, 3.05) is 14.2 Å². The molecule has 6 heteroatoms. The van der Waals surface area contributed by atoms with E-state index in [0.29, 0.717) is 12.1 Å². The topological polar surface area (TPSA) is 91.6 Å². The number of ether oxygens (including phenoxy) is 2. The van der Waals surface area contributed by atoms with Gasteiger partial charge in [-0.25, -0.2) is 0 Å². The lowest BCUT2D eigenvalue weighted by Crippen LogP contribution is -2.23. The first-order chi connectivity index (χ1) is 12.1. The molecule has 2 aromatic carbocycles. The van der Waals surface area contributed by atoms with Gasteiger partial charge in [-0.05, 0) is 29.3 Å². The van der Waals surface area contributed by atoms with Crippen LogP contribution < -0.4 is 14.8 Å². The lowest BCUT2D eigenvalue weighted by Gasteiger charge is -2.10. The van der Waals surface area contributed by atoms with Gasteiger partial charge in [-0.15, -0.1) is 0 Å². The quantitative estimate of drug-likeness (QED) is 0.624. The lowest BCUT2D eigenvalue weighted by atomic mass is 10.1. The largest absolute Gasteiger partial charge is 0.502 e. The SMILES string of the molecule is COc1cc(/C=C(/C#N)C(=O)NCc2ccccc2)cc(OC)c1O. The number of aromatic hydroxyl groups is 1. The molecule has 0 aliphatic heterocycles. The van der Waals surface area contributed by atoms with E-state index in [2.05, 4.69) is 5.32 Å². The maximum absolute atomic E-state index is 12.2. The van der Waals surface area contributed by atoms with Gasteiger partial charge in [0, 0.05) is 6.54 Å². The minimum atomic E-state index is -0.489. The smallest absolute Gasteiger partial charge is 0.262 e. The van der Waals surface area contributed by atoms with Crippen LogP contribution in [0.25, 0.3) is 6.08 Å². The number of nitrogens with zero attached hydrogens (tertiary/aromatic N) is 1. The normalized spacial score (nSPS) is 10.7. The van der Waals surface area contributed by atoms with E-state index in [9.17, 15) is 15.2 Å². The number of methoxy groups -OCH3 is 2. The number of amides is 1. The second-order valence-electron chi connectivity index (χ2n) is 5.11. The van der Waals surface area contributed by atoms with Crippen molar-refractivity contribution in [1.29, 1.82) is 5.26 Å². The molecule has 6 nitrogen and oxygen atoms in total. The molecule has 0 heterocycles. The van der Waals surface area contributed by atoms with Crippen molar-refractivity contribution in [3.05, 3.63) is 59.2 Å². The Hall–Kier alpha value is -3.46. The van der Waals surface area contributed by atoms with E-state index in [1.807, 2.05) is 36.4 Å². The molecule has 2 aromatic rings. The maximum atomic E-state index is 12.2. The molecule has 0 aliphatic rings. The third-order valence-electron chi connectivity index (χ3n) is 3.47. The highest BCUT2D eigenvalue weighted by Crippen LogP contribution is 2.37. The van der Waals surface area contributed by atoms with Gasteiger partial charge >= 0.3 is 0 Å². The standard InChI is InChI=1S/C19H18N2O4/c1-24-16-9-14(10-17(25-2)18(16)22)8-15(11-20)19(23)21-12-13-6-4-3-5-7-13/h3-10,22H,12H2,1-2H3,(H,21,23)/b15-8-. The van der Waals surface area contributed by atoms with Crippen LogP contribution in [-0.4, -0.2) is 25.2 Å². The molecule has 0 fully saturated rings. The summed E-state index contributed by atoms with van der Waals surface area (Å²) in [7, 11) is 2.81. The first-order valence-electron chi connectivity index (χ1n) is 7.48. The van der Waals surface area contributed by atoms with Gasteiger partial charge in [0.25, 0.3) is 5.91 Å². The van der Waals surface area contributed by atoms with Crippen LogP contribution in [0, 0.1) is 11.3 Å². The van der Waals surface area contributed by atoms with E-state index in [0.717, 1.165) is 5.56 Å². The summed E-state index contributed by atoms with van der Waals surface area (Å²) in [5.41, 5.74) is 1.37. The second-order valence-corrected chi connectivity index (χ2v) is 5.11. The van der Waals surface area contributed by atoms with Crippen LogP contribution in [0.4, 0.5) is 0 Å². The predicted molar refractivity (Wildman–Crippen MR) is 93.1 cm³/mol. The average Bonchev–Trinajstić information content (AvgIpc) is 2.65. The number of nitriles is 1. The summed E-state index contributed by atoms with van der Waals surface area (Å²) in [6, 6.07) is 14.3. The molecule has 1 amide bonds. The Labute approximate surface area is 145 Å². The third kappa shape index (κ3) is 4.52. The van der Waals surface area contributed by atoms with Crippen molar-refractivity contribution in [3.8, 4) is 23.3 Å². The van der Waals surface area contributed by atoms with Crippen molar-refractivity contribution in [2.24, 2.45) is 0 Å².